The normalized spacial score (nSPS) is 11.8. The van der Waals surface area contributed by atoms with Gasteiger partial charge in [0.05, 0.1) is 22.4 Å². The number of aromatic nitrogens is 3. The van der Waals surface area contributed by atoms with Crippen molar-refractivity contribution in [2.75, 3.05) is 5.32 Å². The molecule has 0 saturated carbocycles. The molecular weight excluding hydrogens is 564 g/mol. The van der Waals surface area contributed by atoms with Crippen molar-refractivity contribution in [3.05, 3.63) is 117 Å². The van der Waals surface area contributed by atoms with E-state index >= 15 is 0 Å². The summed E-state index contributed by atoms with van der Waals surface area (Å²) in [5.74, 6) is 0.797. The Morgan fingerprint density at radius 3 is 2.39 bits per heavy atom. The summed E-state index contributed by atoms with van der Waals surface area (Å²) in [6, 6.07) is 27.3. The minimum Gasteiger partial charge on any atom is -0.366 e. The molecule has 0 aliphatic carbocycles. The number of carbonyl (C=O) groups excluding carboxylic acids is 1. The zero-order valence-corrected chi connectivity index (χ0v) is 23.0. The van der Waals surface area contributed by atoms with Gasteiger partial charge in [0.2, 0.25) is 0 Å². The van der Waals surface area contributed by atoms with Gasteiger partial charge in [0, 0.05) is 29.7 Å². The number of carbonyl (C=O) groups is 1. The third-order valence-corrected chi connectivity index (χ3v) is 7.06. The van der Waals surface area contributed by atoms with E-state index in [0.29, 0.717) is 23.8 Å². The molecule has 0 saturated heterocycles. The van der Waals surface area contributed by atoms with E-state index in [9.17, 15) is 4.79 Å². The van der Waals surface area contributed by atoms with Gasteiger partial charge in [0.1, 0.15) is 5.82 Å². The van der Waals surface area contributed by atoms with Gasteiger partial charge in [-0.25, -0.2) is 9.78 Å². The van der Waals surface area contributed by atoms with Crippen LogP contribution in [-0.2, 0) is 13.1 Å². The topological polar surface area (TPSA) is 83.4 Å². The Morgan fingerprint density at radius 2 is 1.66 bits per heavy atom. The maximum Gasteiger partial charge on any atom is 0.315 e. The number of fused-ring (bicyclic) bond motifs is 1. The zero-order chi connectivity index (χ0) is 26.5. The number of halogens is 2. The monoisotopic (exact) mass is 588 g/mol. The van der Waals surface area contributed by atoms with Crippen molar-refractivity contribution < 1.29 is 4.79 Å². The van der Waals surface area contributed by atoms with Crippen LogP contribution in [0.5, 0.6) is 0 Å². The first-order valence-corrected chi connectivity index (χ1v) is 13.4. The first kappa shape index (κ1) is 25.8. The van der Waals surface area contributed by atoms with Crippen LogP contribution in [0.15, 0.2) is 95.6 Å². The third kappa shape index (κ3) is 5.98. The number of anilines is 1. The highest BCUT2D eigenvalue weighted by Crippen LogP contribution is 2.30. The summed E-state index contributed by atoms with van der Waals surface area (Å²) >= 11 is 9.98. The van der Waals surface area contributed by atoms with E-state index in [1.807, 2.05) is 91.9 Å². The number of amides is 2. The van der Waals surface area contributed by atoms with Crippen LogP contribution in [0.2, 0.25) is 5.02 Å². The minimum atomic E-state index is -0.200. The average molecular weight is 590 g/mol. The van der Waals surface area contributed by atoms with E-state index in [2.05, 4.69) is 37.0 Å². The molecule has 0 radical (unpaired) electrons. The minimum absolute atomic E-state index is 0.0712. The third-order valence-electron chi connectivity index (χ3n) is 6.18. The lowest BCUT2D eigenvalue weighted by atomic mass is 10.1. The quantitative estimate of drug-likeness (QED) is 0.182. The van der Waals surface area contributed by atoms with Crippen LogP contribution < -0.4 is 16.0 Å². The van der Waals surface area contributed by atoms with Crippen molar-refractivity contribution >= 4 is 45.0 Å². The highest BCUT2D eigenvalue weighted by Gasteiger charge is 2.13. The van der Waals surface area contributed by atoms with Crippen LogP contribution >= 0.6 is 27.5 Å². The van der Waals surface area contributed by atoms with Crippen LogP contribution in [0, 0.1) is 0 Å². The van der Waals surface area contributed by atoms with Gasteiger partial charge in [0.25, 0.3) is 0 Å². The van der Waals surface area contributed by atoms with Crippen molar-refractivity contribution in [1.29, 1.82) is 0 Å². The van der Waals surface area contributed by atoms with Crippen LogP contribution in [-0.4, -0.2) is 20.6 Å². The van der Waals surface area contributed by atoms with Gasteiger partial charge in [0.15, 0.2) is 5.65 Å². The standard InChI is InChI=1S/C29H26BrClN6O/c1-19(22-7-3-2-4-8-22)35-29(38)33-17-21-13-11-20(12-14-21)16-32-27-15-26(23-9-5-6-10-25(23)31)36-28-24(30)18-34-37(27)28/h2-15,18-19,32H,16-17H2,1H3,(H2,33,35,38). The van der Waals surface area contributed by atoms with Gasteiger partial charge in [-0.15, -0.1) is 0 Å². The molecule has 9 heteroatoms. The smallest absolute Gasteiger partial charge is 0.315 e. The Labute approximate surface area is 234 Å². The van der Waals surface area contributed by atoms with Crippen molar-refractivity contribution in [3.63, 3.8) is 0 Å². The maximum atomic E-state index is 12.3. The Bertz CT molecular complexity index is 1560. The van der Waals surface area contributed by atoms with Crippen molar-refractivity contribution in [3.8, 4) is 11.3 Å². The summed E-state index contributed by atoms with van der Waals surface area (Å²) in [6.07, 6.45) is 1.72. The molecule has 38 heavy (non-hydrogen) atoms. The van der Waals surface area contributed by atoms with Crippen LogP contribution in [0.4, 0.5) is 10.6 Å². The van der Waals surface area contributed by atoms with Crippen LogP contribution in [0.3, 0.4) is 0 Å². The van der Waals surface area contributed by atoms with E-state index in [1.54, 1.807) is 10.7 Å². The van der Waals surface area contributed by atoms with E-state index in [1.165, 1.54) is 0 Å². The number of nitrogens with zero attached hydrogens (tertiary/aromatic N) is 3. The largest absolute Gasteiger partial charge is 0.366 e. The molecule has 5 rings (SSSR count). The van der Waals surface area contributed by atoms with E-state index in [-0.39, 0.29) is 12.1 Å². The lowest BCUT2D eigenvalue weighted by Crippen LogP contribution is -2.36. The fraction of sp³-hybridized carbons (Fsp3) is 0.138. The maximum absolute atomic E-state index is 12.3. The van der Waals surface area contributed by atoms with Gasteiger partial charge in [-0.1, -0.05) is 84.4 Å². The number of hydrogen-bond acceptors (Lipinski definition) is 4. The molecule has 2 heterocycles. The highest BCUT2D eigenvalue weighted by atomic mass is 79.9. The number of rotatable bonds is 8. The molecule has 1 unspecified atom stereocenters. The van der Waals surface area contributed by atoms with E-state index < -0.39 is 0 Å². The fourth-order valence-corrected chi connectivity index (χ4v) is 4.67. The molecule has 0 spiro atoms. The Morgan fingerprint density at radius 1 is 0.974 bits per heavy atom. The van der Waals surface area contributed by atoms with Crippen LogP contribution in [0.25, 0.3) is 16.9 Å². The Balaban J connectivity index is 1.22. The molecule has 2 amide bonds. The van der Waals surface area contributed by atoms with E-state index in [0.717, 1.165) is 38.2 Å². The predicted molar refractivity (Wildman–Crippen MR) is 155 cm³/mol. The lowest BCUT2D eigenvalue weighted by Gasteiger charge is -2.15. The molecule has 0 aliphatic rings. The molecule has 3 N–H and O–H groups in total. The van der Waals surface area contributed by atoms with Gasteiger partial charge >= 0.3 is 6.03 Å². The molecule has 3 aromatic carbocycles. The number of hydrogen-bond donors (Lipinski definition) is 3. The SMILES string of the molecule is CC(NC(=O)NCc1ccc(CNc2cc(-c3ccccc3Cl)nc3c(Br)cnn23)cc1)c1ccccc1. The second-order valence-electron chi connectivity index (χ2n) is 8.86. The summed E-state index contributed by atoms with van der Waals surface area (Å²) < 4.78 is 2.56. The van der Waals surface area contributed by atoms with Crippen molar-refractivity contribution in [2.24, 2.45) is 0 Å². The molecular formula is C29H26BrClN6O. The summed E-state index contributed by atoms with van der Waals surface area (Å²) in [5.41, 5.74) is 5.48. The predicted octanol–water partition coefficient (Wildman–Crippen LogP) is 6.98. The molecule has 7 nitrogen and oxygen atoms in total. The molecule has 192 valence electrons. The molecule has 0 fully saturated rings. The Hall–Kier alpha value is -3.88. The number of nitrogens with one attached hydrogen (secondary N) is 3. The second kappa shape index (κ2) is 11.7. The zero-order valence-electron chi connectivity index (χ0n) is 20.7. The van der Waals surface area contributed by atoms with Gasteiger partial charge in [-0.3, -0.25) is 0 Å². The van der Waals surface area contributed by atoms with Gasteiger partial charge in [-0.05, 0) is 45.6 Å². The number of benzene rings is 3. The molecule has 0 bridgehead atoms. The summed E-state index contributed by atoms with van der Waals surface area (Å²) in [4.78, 5) is 17.1. The lowest BCUT2D eigenvalue weighted by molar-refractivity contribution is 0.237. The first-order valence-electron chi connectivity index (χ1n) is 12.2. The number of urea groups is 1. The summed E-state index contributed by atoms with van der Waals surface area (Å²) in [5, 5.41) is 14.4. The Kier molecular flexibility index (Phi) is 7.91. The molecule has 2 aromatic heterocycles. The first-order chi connectivity index (χ1) is 18.5. The summed E-state index contributed by atoms with van der Waals surface area (Å²) in [6.45, 7) is 2.99. The molecule has 1 atom stereocenters. The highest BCUT2D eigenvalue weighted by molar-refractivity contribution is 9.10. The van der Waals surface area contributed by atoms with Crippen LogP contribution in [0.1, 0.15) is 29.7 Å². The van der Waals surface area contributed by atoms with Gasteiger partial charge in [-0.2, -0.15) is 9.61 Å². The molecule has 0 aliphatic heterocycles. The van der Waals surface area contributed by atoms with E-state index in [4.69, 9.17) is 16.6 Å². The van der Waals surface area contributed by atoms with Gasteiger partial charge < -0.3 is 16.0 Å². The van der Waals surface area contributed by atoms with Crippen molar-refractivity contribution in [2.45, 2.75) is 26.1 Å². The second-order valence-corrected chi connectivity index (χ2v) is 10.1. The summed E-state index contributed by atoms with van der Waals surface area (Å²) in [7, 11) is 0. The molecule has 5 aromatic rings. The van der Waals surface area contributed by atoms with Crippen molar-refractivity contribution in [1.82, 2.24) is 25.2 Å². The average Bonchev–Trinajstić information content (AvgIpc) is 3.32. The fourth-order valence-electron chi connectivity index (χ4n) is 4.09.